The smallest absolute Gasteiger partial charge is 0.354 e. The number of aliphatic hydroxyl groups excluding tert-OH is 2. The Hall–Kier alpha value is -1.70. The molecule has 0 aromatic carbocycles. The second kappa shape index (κ2) is 5.76. The van der Waals surface area contributed by atoms with Crippen molar-refractivity contribution in [1.29, 1.82) is 0 Å². The number of carboxylic acids is 2. The summed E-state index contributed by atoms with van der Waals surface area (Å²) in [5.41, 5.74) is -0.722. The molecule has 1 heterocycles. The molecule has 0 aliphatic rings. The van der Waals surface area contributed by atoms with Gasteiger partial charge in [-0.25, -0.2) is 9.78 Å². The monoisotopic (exact) mass is 275 g/mol. The summed E-state index contributed by atoms with van der Waals surface area (Å²) in [5.74, 6) is -2.76. The molecule has 0 aliphatic heterocycles. The minimum atomic E-state index is -1.67. The molecule has 0 amide bonds. The zero-order valence-corrected chi connectivity index (χ0v) is 9.70. The number of aliphatic hydroxyl groups is 2. The standard InChI is InChI=1S/C10H10ClNO6/c11-6-2-1-4(8(12-6)10(17)18)9(16)5(13)3-7(14)15/h1-2,5,9,13,16H,3H2,(H,14,15)(H,17,18). The first-order valence-electron chi connectivity index (χ1n) is 4.80. The quantitative estimate of drug-likeness (QED) is 0.569. The minimum Gasteiger partial charge on any atom is -0.481 e. The van der Waals surface area contributed by atoms with Crippen LogP contribution in [0.15, 0.2) is 12.1 Å². The lowest BCUT2D eigenvalue weighted by Gasteiger charge is -2.17. The van der Waals surface area contributed by atoms with E-state index in [1.807, 2.05) is 0 Å². The van der Waals surface area contributed by atoms with Gasteiger partial charge in [0.05, 0.1) is 12.5 Å². The van der Waals surface area contributed by atoms with Crippen LogP contribution in [0.1, 0.15) is 28.6 Å². The third kappa shape index (κ3) is 3.39. The molecule has 2 atom stereocenters. The summed E-state index contributed by atoms with van der Waals surface area (Å²) in [6.45, 7) is 0. The summed E-state index contributed by atoms with van der Waals surface area (Å²) in [6, 6.07) is 2.41. The van der Waals surface area contributed by atoms with Crippen molar-refractivity contribution in [3.05, 3.63) is 28.5 Å². The van der Waals surface area contributed by atoms with Gasteiger partial charge in [-0.2, -0.15) is 0 Å². The van der Waals surface area contributed by atoms with E-state index in [4.69, 9.17) is 21.8 Å². The van der Waals surface area contributed by atoms with Crippen LogP contribution in [0.25, 0.3) is 0 Å². The Morgan fingerprint density at radius 3 is 2.39 bits per heavy atom. The molecule has 0 bridgehead atoms. The van der Waals surface area contributed by atoms with Crippen LogP contribution in [0.5, 0.6) is 0 Å². The number of aromatic carboxylic acids is 1. The molecule has 0 saturated heterocycles. The Bertz CT molecular complexity index is 477. The Balaban J connectivity index is 3.08. The van der Waals surface area contributed by atoms with Gasteiger partial charge in [-0.1, -0.05) is 17.7 Å². The second-order valence-corrected chi connectivity index (χ2v) is 3.87. The summed E-state index contributed by atoms with van der Waals surface area (Å²) >= 11 is 5.52. The molecular formula is C10H10ClNO6. The lowest BCUT2D eigenvalue weighted by atomic mass is 10.0. The molecule has 0 saturated carbocycles. The van der Waals surface area contributed by atoms with Gasteiger partial charge in [0.2, 0.25) is 0 Å². The highest BCUT2D eigenvalue weighted by molar-refractivity contribution is 6.29. The molecule has 1 rings (SSSR count). The number of aromatic nitrogens is 1. The fourth-order valence-electron chi connectivity index (χ4n) is 1.35. The van der Waals surface area contributed by atoms with Crippen molar-refractivity contribution in [1.82, 2.24) is 4.98 Å². The molecule has 18 heavy (non-hydrogen) atoms. The van der Waals surface area contributed by atoms with E-state index in [9.17, 15) is 19.8 Å². The Morgan fingerprint density at radius 2 is 1.89 bits per heavy atom. The fraction of sp³-hybridized carbons (Fsp3) is 0.300. The number of aliphatic carboxylic acids is 1. The van der Waals surface area contributed by atoms with Gasteiger partial charge in [-0.3, -0.25) is 4.79 Å². The van der Waals surface area contributed by atoms with Gasteiger partial charge in [0.15, 0.2) is 5.69 Å². The summed E-state index contributed by atoms with van der Waals surface area (Å²) in [6.07, 6.45) is -4.02. The number of carboxylic acid groups (broad SMARTS) is 2. The van der Waals surface area contributed by atoms with E-state index in [1.165, 1.54) is 12.1 Å². The molecule has 0 spiro atoms. The maximum absolute atomic E-state index is 10.9. The molecule has 0 aliphatic carbocycles. The van der Waals surface area contributed by atoms with Gasteiger partial charge in [0.25, 0.3) is 0 Å². The van der Waals surface area contributed by atoms with Gasteiger partial charge >= 0.3 is 11.9 Å². The lowest BCUT2D eigenvalue weighted by Crippen LogP contribution is -2.24. The number of hydrogen-bond donors (Lipinski definition) is 4. The minimum absolute atomic E-state index is 0.0870. The van der Waals surface area contributed by atoms with Crippen LogP contribution in [0.2, 0.25) is 5.15 Å². The van der Waals surface area contributed by atoms with Crippen LogP contribution in [0.3, 0.4) is 0 Å². The molecule has 0 radical (unpaired) electrons. The largest absolute Gasteiger partial charge is 0.481 e. The van der Waals surface area contributed by atoms with Crippen LogP contribution in [0, 0.1) is 0 Å². The fourth-order valence-corrected chi connectivity index (χ4v) is 1.50. The number of nitrogens with zero attached hydrogens (tertiary/aromatic N) is 1. The van der Waals surface area contributed by atoms with E-state index < -0.39 is 36.3 Å². The van der Waals surface area contributed by atoms with Gasteiger partial charge < -0.3 is 20.4 Å². The summed E-state index contributed by atoms with van der Waals surface area (Å²) in [5, 5.41) is 36.4. The predicted molar refractivity (Wildman–Crippen MR) is 59.4 cm³/mol. The summed E-state index contributed by atoms with van der Waals surface area (Å²) < 4.78 is 0. The molecule has 7 nitrogen and oxygen atoms in total. The van der Waals surface area contributed by atoms with E-state index in [-0.39, 0.29) is 10.7 Å². The first-order chi connectivity index (χ1) is 8.32. The predicted octanol–water partition coefficient (Wildman–Crippen LogP) is 0.302. The van der Waals surface area contributed by atoms with Gasteiger partial charge in [0.1, 0.15) is 11.3 Å². The highest BCUT2D eigenvalue weighted by Gasteiger charge is 2.26. The van der Waals surface area contributed by atoms with Gasteiger partial charge in [-0.15, -0.1) is 0 Å². The molecule has 4 N–H and O–H groups in total. The van der Waals surface area contributed by atoms with E-state index in [0.717, 1.165) is 0 Å². The zero-order valence-electron chi connectivity index (χ0n) is 8.95. The first-order valence-corrected chi connectivity index (χ1v) is 5.18. The Kier molecular flexibility index (Phi) is 4.60. The number of pyridine rings is 1. The third-order valence-corrected chi connectivity index (χ3v) is 2.37. The molecule has 0 fully saturated rings. The van der Waals surface area contributed by atoms with Crippen molar-refractivity contribution < 1.29 is 30.0 Å². The van der Waals surface area contributed by atoms with Crippen LogP contribution in [0.4, 0.5) is 0 Å². The normalized spacial score (nSPS) is 13.9. The number of rotatable bonds is 5. The summed E-state index contributed by atoms with van der Waals surface area (Å²) in [7, 11) is 0. The van der Waals surface area contributed by atoms with Crippen molar-refractivity contribution >= 4 is 23.5 Å². The topological polar surface area (TPSA) is 128 Å². The molecule has 98 valence electrons. The molecular weight excluding hydrogens is 266 g/mol. The molecule has 1 aromatic heterocycles. The first kappa shape index (κ1) is 14.4. The van der Waals surface area contributed by atoms with Crippen molar-refractivity contribution in [3.8, 4) is 0 Å². The van der Waals surface area contributed by atoms with Crippen LogP contribution in [-0.4, -0.2) is 43.5 Å². The van der Waals surface area contributed by atoms with Crippen LogP contribution >= 0.6 is 11.6 Å². The zero-order chi connectivity index (χ0) is 13.9. The Labute approximate surface area is 106 Å². The number of carbonyl (C=O) groups is 2. The molecule has 8 heteroatoms. The van der Waals surface area contributed by atoms with Crippen molar-refractivity contribution in [2.24, 2.45) is 0 Å². The van der Waals surface area contributed by atoms with Gasteiger partial charge in [0, 0.05) is 5.56 Å². The van der Waals surface area contributed by atoms with E-state index >= 15 is 0 Å². The van der Waals surface area contributed by atoms with Crippen molar-refractivity contribution in [2.45, 2.75) is 18.6 Å². The average molecular weight is 276 g/mol. The lowest BCUT2D eigenvalue weighted by molar-refractivity contribution is -0.141. The van der Waals surface area contributed by atoms with E-state index in [1.54, 1.807) is 0 Å². The van der Waals surface area contributed by atoms with E-state index in [2.05, 4.69) is 4.98 Å². The maximum atomic E-state index is 10.9. The summed E-state index contributed by atoms with van der Waals surface area (Å²) in [4.78, 5) is 24.8. The average Bonchev–Trinajstić information content (AvgIpc) is 2.26. The Morgan fingerprint density at radius 1 is 1.28 bits per heavy atom. The SMILES string of the molecule is O=C(O)CC(O)C(O)c1ccc(Cl)nc1C(=O)O. The van der Waals surface area contributed by atoms with Crippen LogP contribution in [-0.2, 0) is 4.79 Å². The second-order valence-electron chi connectivity index (χ2n) is 3.49. The number of hydrogen-bond acceptors (Lipinski definition) is 5. The van der Waals surface area contributed by atoms with Gasteiger partial charge in [-0.05, 0) is 6.07 Å². The van der Waals surface area contributed by atoms with Crippen molar-refractivity contribution in [3.63, 3.8) is 0 Å². The van der Waals surface area contributed by atoms with Crippen LogP contribution < -0.4 is 0 Å². The van der Waals surface area contributed by atoms with E-state index in [0.29, 0.717) is 0 Å². The highest BCUT2D eigenvalue weighted by atomic mass is 35.5. The molecule has 1 aromatic rings. The highest BCUT2D eigenvalue weighted by Crippen LogP contribution is 2.23. The maximum Gasteiger partial charge on any atom is 0.354 e. The molecule has 2 unspecified atom stereocenters. The third-order valence-electron chi connectivity index (χ3n) is 2.16. The number of halogens is 1. The van der Waals surface area contributed by atoms with Crippen molar-refractivity contribution in [2.75, 3.05) is 0 Å².